The molecule has 0 unspecified atom stereocenters. The topological polar surface area (TPSA) is 57.5 Å². The van der Waals surface area contributed by atoms with Crippen LogP contribution in [0.5, 0.6) is 0 Å². The highest BCUT2D eigenvalue weighted by Gasteiger charge is 2.22. The predicted octanol–water partition coefficient (Wildman–Crippen LogP) is 4.06. The molecule has 0 bridgehead atoms. The van der Waals surface area contributed by atoms with E-state index in [1.165, 1.54) is 12.1 Å². The van der Waals surface area contributed by atoms with Gasteiger partial charge in [0.25, 0.3) is 5.91 Å². The van der Waals surface area contributed by atoms with Gasteiger partial charge in [0.2, 0.25) is 0 Å². The zero-order valence-electron chi connectivity index (χ0n) is 20.3. The Kier molecular flexibility index (Phi) is 7.04. The maximum atomic E-state index is 13.6. The minimum atomic E-state index is -0.350. The van der Waals surface area contributed by atoms with Crippen LogP contribution >= 0.6 is 0 Å². The predicted molar refractivity (Wildman–Crippen MR) is 139 cm³/mol. The average molecular weight is 485 g/mol. The van der Waals surface area contributed by atoms with Crippen LogP contribution in [0.3, 0.4) is 0 Å². The molecule has 184 valence electrons. The smallest absolute Gasteiger partial charge is 0.278 e. The summed E-state index contributed by atoms with van der Waals surface area (Å²) >= 11 is 0. The second kappa shape index (κ2) is 10.7. The Morgan fingerprint density at radius 1 is 0.917 bits per heavy atom. The number of aromatic nitrogens is 3. The van der Waals surface area contributed by atoms with Crippen molar-refractivity contribution in [2.24, 2.45) is 0 Å². The average Bonchev–Trinajstić information content (AvgIpc) is 3.37. The highest BCUT2D eigenvalue weighted by molar-refractivity contribution is 6.04. The van der Waals surface area contributed by atoms with Gasteiger partial charge in [-0.3, -0.25) is 4.79 Å². The SMILES string of the molecule is CN1CCN(c2ccc(CN(C(=O)c3cn(Cc4ccccc4)cn3)c3ccc(F)cc3)cn2)CC1. The number of rotatable bonds is 7. The van der Waals surface area contributed by atoms with Crippen molar-refractivity contribution in [3.05, 3.63) is 108 Å². The number of carbonyl (C=O) groups excluding carboxylic acids is 1. The van der Waals surface area contributed by atoms with Gasteiger partial charge in [0.1, 0.15) is 17.3 Å². The molecular weight excluding hydrogens is 455 g/mol. The summed E-state index contributed by atoms with van der Waals surface area (Å²) in [4.78, 5) is 28.8. The minimum Gasteiger partial charge on any atom is -0.354 e. The van der Waals surface area contributed by atoms with E-state index in [0.29, 0.717) is 24.5 Å². The number of carbonyl (C=O) groups is 1. The molecule has 5 rings (SSSR count). The third kappa shape index (κ3) is 5.60. The number of nitrogens with zero attached hydrogens (tertiary/aromatic N) is 6. The van der Waals surface area contributed by atoms with Crippen molar-refractivity contribution in [3.8, 4) is 0 Å². The molecule has 0 N–H and O–H groups in total. The number of pyridine rings is 1. The van der Waals surface area contributed by atoms with Crippen molar-refractivity contribution < 1.29 is 9.18 Å². The molecule has 8 heteroatoms. The highest BCUT2D eigenvalue weighted by atomic mass is 19.1. The zero-order valence-corrected chi connectivity index (χ0v) is 20.3. The van der Waals surface area contributed by atoms with E-state index in [4.69, 9.17) is 0 Å². The van der Waals surface area contributed by atoms with E-state index >= 15 is 0 Å². The van der Waals surface area contributed by atoms with Crippen molar-refractivity contribution in [2.45, 2.75) is 13.1 Å². The maximum Gasteiger partial charge on any atom is 0.278 e. The first-order valence-corrected chi connectivity index (χ1v) is 12.1. The normalized spacial score (nSPS) is 14.1. The molecule has 1 amide bonds. The summed E-state index contributed by atoms with van der Waals surface area (Å²) in [7, 11) is 2.12. The molecule has 0 aliphatic carbocycles. The van der Waals surface area contributed by atoms with E-state index in [0.717, 1.165) is 43.1 Å². The Bertz CT molecular complexity index is 1280. The summed E-state index contributed by atoms with van der Waals surface area (Å²) in [5, 5.41) is 0. The van der Waals surface area contributed by atoms with Gasteiger partial charge in [0.05, 0.1) is 12.9 Å². The number of anilines is 2. The molecule has 36 heavy (non-hydrogen) atoms. The molecule has 3 heterocycles. The van der Waals surface area contributed by atoms with Gasteiger partial charge in [-0.05, 0) is 48.5 Å². The monoisotopic (exact) mass is 484 g/mol. The quantitative estimate of drug-likeness (QED) is 0.396. The number of likely N-dealkylation sites (N-methyl/N-ethyl adjacent to an activating group) is 1. The van der Waals surface area contributed by atoms with Gasteiger partial charge in [-0.25, -0.2) is 14.4 Å². The van der Waals surface area contributed by atoms with E-state index in [2.05, 4.69) is 26.8 Å². The second-order valence-corrected chi connectivity index (χ2v) is 9.10. The van der Waals surface area contributed by atoms with E-state index < -0.39 is 0 Å². The molecule has 0 atom stereocenters. The van der Waals surface area contributed by atoms with Crippen LogP contribution in [-0.4, -0.2) is 58.6 Å². The van der Waals surface area contributed by atoms with Gasteiger partial charge in [-0.1, -0.05) is 36.4 Å². The fraction of sp³-hybridized carbons (Fsp3) is 0.250. The number of amides is 1. The Balaban J connectivity index is 1.35. The van der Waals surface area contributed by atoms with E-state index in [-0.39, 0.29) is 11.7 Å². The first kappa shape index (κ1) is 23.7. The lowest BCUT2D eigenvalue weighted by Gasteiger charge is -2.33. The Morgan fingerprint density at radius 3 is 2.36 bits per heavy atom. The number of halogens is 1. The van der Waals surface area contributed by atoms with Crippen molar-refractivity contribution in [1.82, 2.24) is 19.4 Å². The number of hydrogen-bond donors (Lipinski definition) is 0. The third-order valence-corrected chi connectivity index (χ3v) is 6.42. The largest absolute Gasteiger partial charge is 0.354 e. The zero-order chi connectivity index (χ0) is 24.9. The summed E-state index contributed by atoms with van der Waals surface area (Å²) in [6, 6.07) is 19.9. The van der Waals surface area contributed by atoms with Crippen LogP contribution < -0.4 is 9.80 Å². The summed E-state index contributed by atoms with van der Waals surface area (Å²) in [5.41, 5.74) is 2.93. The number of imidazole rings is 1. The van der Waals surface area contributed by atoms with Crippen LogP contribution in [0.4, 0.5) is 15.9 Å². The first-order valence-electron chi connectivity index (χ1n) is 12.1. The second-order valence-electron chi connectivity index (χ2n) is 9.10. The lowest BCUT2D eigenvalue weighted by molar-refractivity contribution is 0.0980. The Labute approximate surface area is 210 Å². The van der Waals surface area contributed by atoms with Gasteiger partial charge in [-0.2, -0.15) is 0 Å². The molecule has 2 aromatic heterocycles. The number of piperazine rings is 1. The molecule has 0 spiro atoms. The van der Waals surface area contributed by atoms with Gasteiger partial charge in [0, 0.05) is 50.8 Å². The molecule has 1 aliphatic rings. The van der Waals surface area contributed by atoms with Crippen LogP contribution in [0.25, 0.3) is 0 Å². The third-order valence-electron chi connectivity index (χ3n) is 6.42. The summed E-state index contributed by atoms with van der Waals surface area (Å²) < 4.78 is 15.5. The van der Waals surface area contributed by atoms with Crippen LogP contribution in [-0.2, 0) is 13.1 Å². The van der Waals surface area contributed by atoms with Gasteiger partial charge >= 0.3 is 0 Å². The molecule has 0 saturated carbocycles. The molecular formula is C28H29FN6O. The summed E-state index contributed by atoms with van der Waals surface area (Å²) in [5.74, 6) is 0.333. The number of benzene rings is 2. The van der Waals surface area contributed by atoms with Crippen LogP contribution in [0, 0.1) is 5.82 Å². The van der Waals surface area contributed by atoms with Gasteiger partial charge in [-0.15, -0.1) is 0 Å². The van der Waals surface area contributed by atoms with E-state index in [9.17, 15) is 9.18 Å². The lowest BCUT2D eigenvalue weighted by atomic mass is 10.2. The van der Waals surface area contributed by atoms with E-state index in [1.54, 1.807) is 29.6 Å². The van der Waals surface area contributed by atoms with Crippen LogP contribution in [0.2, 0.25) is 0 Å². The molecule has 2 aromatic carbocycles. The van der Waals surface area contributed by atoms with Crippen molar-refractivity contribution in [2.75, 3.05) is 43.0 Å². The lowest BCUT2D eigenvalue weighted by Crippen LogP contribution is -2.44. The maximum absolute atomic E-state index is 13.6. The molecule has 0 radical (unpaired) electrons. The molecule has 7 nitrogen and oxygen atoms in total. The number of hydrogen-bond acceptors (Lipinski definition) is 5. The van der Waals surface area contributed by atoms with Gasteiger partial charge < -0.3 is 19.3 Å². The molecule has 1 fully saturated rings. The Morgan fingerprint density at radius 2 is 1.67 bits per heavy atom. The van der Waals surface area contributed by atoms with Crippen LogP contribution in [0.1, 0.15) is 21.6 Å². The standard InChI is InChI=1S/C28H29FN6O/c1-32-13-15-34(16-14-32)27-12-7-23(17-30-27)19-35(25-10-8-24(29)9-11-25)28(36)26-20-33(21-31-26)18-22-5-3-2-4-6-22/h2-12,17,20-21H,13-16,18-19H2,1H3. The summed E-state index contributed by atoms with van der Waals surface area (Å²) in [6.07, 6.45) is 5.22. The highest BCUT2D eigenvalue weighted by Crippen LogP contribution is 2.22. The molecule has 1 saturated heterocycles. The molecule has 4 aromatic rings. The van der Waals surface area contributed by atoms with Crippen molar-refractivity contribution in [1.29, 1.82) is 0 Å². The fourth-order valence-electron chi connectivity index (χ4n) is 4.31. The van der Waals surface area contributed by atoms with E-state index in [1.807, 2.05) is 53.2 Å². The van der Waals surface area contributed by atoms with Crippen LogP contribution in [0.15, 0.2) is 85.5 Å². The molecule has 1 aliphatic heterocycles. The van der Waals surface area contributed by atoms with Gasteiger partial charge in [0.15, 0.2) is 0 Å². The minimum absolute atomic E-state index is 0.253. The van der Waals surface area contributed by atoms with Crippen molar-refractivity contribution >= 4 is 17.4 Å². The van der Waals surface area contributed by atoms with Crippen molar-refractivity contribution in [3.63, 3.8) is 0 Å². The first-order chi connectivity index (χ1) is 17.5. The summed E-state index contributed by atoms with van der Waals surface area (Å²) in [6.45, 7) is 4.81. The fourth-order valence-corrected chi connectivity index (χ4v) is 4.31. The Hall–Kier alpha value is -4.04.